The summed E-state index contributed by atoms with van der Waals surface area (Å²) in [4.78, 5) is 16.0. The number of fused-ring (bicyclic) bond motifs is 1. The van der Waals surface area contributed by atoms with E-state index in [0.29, 0.717) is 17.2 Å². The van der Waals surface area contributed by atoms with E-state index in [1.165, 1.54) is 0 Å². The van der Waals surface area contributed by atoms with E-state index in [1.807, 2.05) is 31.2 Å². The zero-order chi connectivity index (χ0) is 16.4. The molecule has 6 heteroatoms. The number of phenolic OH excluding ortho intramolecular Hbond substituents is 1. The van der Waals surface area contributed by atoms with Crippen LogP contribution in [0.5, 0.6) is 5.75 Å². The van der Waals surface area contributed by atoms with Gasteiger partial charge in [-0.1, -0.05) is 48.9 Å². The summed E-state index contributed by atoms with van der Waals surface area (Å²) in [6, 6.07) is 10.9. The number of hydrogen-bond donors (Lipinski definition) is 3. The van der Waals surface area contributed by atoms with Crippen LogP contribution in [0.2, 0.25) is 0 Å². The molecule has 3 N–H and O–H groups in total. The number of anilines is 2. The number of carboxylic acids is 1. The molecule has 0 aliphatic carbocycles. The maximum absolute atomic E-state index is 11.3. The zero-order valence-corrected chi connectivity index (χ0v) is 13.4. The van der Waals surface area contributed by atoms with Crippen LogP contribution < -0.4 is 5.32 Å². The molecular formula is C17H16N2O3S. The molecule has 0 unspecified atom stereocenters. The Morgan fingerprint density at radius 2 is 1.96 bits per heavy atom. The van der Waals surface area contributed by atoms with Gasteiger partial charge >= 0.3 is 5.97 Å². The third-order valence-corrected chi connectivity index (χ3v) is 4.52. The van der Waals surface area contributed by atoms with E-state index in [-0.39, 0.29) is 10.6 Å². The SMILES string of the molecule is CCCc1nc(Nc2cccc3c(O)cccc23)sc1C(=O)O. The number of nitrogens with zero attached hydrogens (tertiary/aromatic N) is 1. The number of hydrogen-bond acceptors (Lipinski definition) is 5. The predicted molar refractivity (Wildman–Crippen MR) is 92.0 cm³/mol. The van der Waals surface area contributed by atoms with Gasteiger partial charge in [0.1, 0.15) is 10.6 Å². The molecule has 0 amide bonds. The second-order valence-electron chi connectivity index (χ2n) is 5.15. The van der Waals surface area contributed by atoms with E-state index in [9.17, 15) is 15.0 Å². The molecule has 0 radical (unpaired) electrons. The molecule has 23 heavy (non-hydrogen) atoms. The van der Waals surface area contributed by atoms with Gasteiger partial charge in [-0.05, 0) is 18.6 Å². The summed E-state index contributed by atoms with van der Waals surface area (Å²) in [6.45, 7) is 1.99. The van der Waals surface area contributed by atoms with Gasteiger partial charge < -0.3 is 15.5 Å². The van der Waals surface area contributed by atoms with Crippen molar-refractivity contribution in [1.82, 2.24) is 4.98 Å². The van der Waals surface area contributed by atoms with Crippen molar-refractivity contribution in [3.05, 3.63) is 47.0 Å². The molecule has 1 heterocycles. The van der Waals surface area contributed by atoms with Crippen molar-refractivity contribution in [2.45, 2.75) is 19.8 Å². The highest BCUT2D eigenvalue weighted by atomic mass is 32.1. The highest BCUT2D eigenvalue weighted by Crippen LogP contribution is 2.33. The smallest absolute Gasteiger partial charge is 0.347 e. The third-order valence-electron chi connectivity index (χ3n) is 3.52. The molecule has 0 aliphatic heterocycles. The fourth-order valence-electron chi connectivity index (χ4n) is 2.50. The number of carbonyl (C=O) groups is 1. The van der Waals surface area contributed by atoms with Crippen LogP contribution in [0.4, 0.5) is 10.8 Å². The molecule has 118 valence electrons. The molecular weight excluding hydrogens is 312 g/mol. The summed E-state index contributed by atoms with van der Waals surface area (Å²) in [6.07, 6.45) is 1.47. The minimum atomic E-state index is -0.949. The van der Waals surface area contributed by atoms with Gasteiger partial charge in [0.25, 0.3) is 0 Å². The number of nitrogens with one attached hydrogen (secondary N) is 1. The van der Waals surface area contributed by atoms with Crippen LogP contribution in [-0.2, 0) is 6.42 Å². The quantitative estimate of drug-likeness (QED) is 0.647. The normalized spacial score (nSPS) is 10.8. The summed E-state index contributed by atoms with van der Waals surface area (Å²) in [5.74, 6) is -0.738. The average Bonchev–Trinajstić information content (AvgIpc) is 2.92. The van der Waals surface area contributed by atoms with Crippen LogP contribution in [0.3, 0.4) is 0 Å². The van der Waals surface area contributed by atoms with Gasteiger partial charge in [-0.2, -0.15) is 0 Å². The number of rotatable bonds is 5. The van der Waals surface area contributed by atoms with E-state index in [0.717, 1.165) is 34.2 Å². The molecule has 0 saturated heterocycles. The largest absolute Gasteiger partial charge is 0.507 e. The van der Waals surface area contributed by atoms with Gasteiger partial charge in [0.2, 0.25) is 0 Å². The predicted octanol–water partition coefficient (Wildman–Crippen LogP) is 4.40. The first-order valence-electron chi connectivity index (χ1n) is 7.31. The number of aromatic nitrogens is 1. The van der Waals surface area contributed by atoms with Crippen molar-refractivity contribution in [1.29, 1.82) is 0 Å². The van der Waals surface area contributed by atoms with Crippen LogP contribution in [0.1, 0.15) is 28.7 Å². The lowest BCUT2D eigenvalue weighted by Crippen LogP contribution is -1.98. The Morgan fingerprint density at radius 3 is 2.70 bits per heavy atom. The van der Waals surface area contributed by atoms with Crippen LogP contribution >= 0.6 is 11.3 Å². The first-order valence-corrected chi connectivity index (χ1v) is 8.12. The molecule has 1 aromatic heterocycles. The maximum Gasteiger partial charge on any atom is 0.347 e. The first kappa shape index (κ1) is 15.3. The molecule has 0 fully saturated rings. The summed E-state index contributed by atoms with van der Waals surface area (Å²) < 4.78 is 0. The number of carboxylic acid groups (broad SMARTS) is 1. The van der Waals surface area contributed by atoms with Gasteiger partial charge in [0.05, 0.1) is 5.69 Å². The van der Waals surface area contributed by atoms with Crippen LogP contribution in [0.25, 0.3) is 10.8 Å². The molecule has 0 aliphatic rings. The molecule has 3 aromatic rings. The third kappa shape index (κ3) is 2.98. The Bertz CT molecular complexity index is 873. The maximum atomic E-state index is 11.3. The Morgan fingerprint density at radius 1 is 1.22 bits per heavy atom. The number of aromatic carboxylic acids is 1. The Labute approximate surface area is 137 Å². The topological polar surface area (TPSA) is 82.5 Å². The standard InChI is InChI=1S/C17H16N2O3S/c1-2-5-13-15(16(21)22)23-17(19-13)18-12-8-3-7-11-10(12)6-4-9-14(11)20/h3-4,6-9,20H,2,5H2,1H3,(H,18,19)(H,21,22). The molecule has 0 bridgehead atoms. The minimum absolute atomic E-state index is 0.211. The Balaban J connectivity index is 2.01. The van der Waals surface area contributed by atoms with Crippen molar-refractivity contribution < 1.29 is 15.0 Å². The zero-order valence-electron chi connectivity index (χ0n) is 12.5. The molecule has 5 nitrogen and oxygen atoms in total. The van der Waals surface area contributed by atoms with Crippen molar-refractivity contribution in [3.63, 3.8) is 0 Å². The van der Waals surface area contributed by atoms with E-state index < -0.39 is 5.97 Å². The van der Waals surface area contributed by atoms with E-state index in [2.05, 4.69) is 10.3 Å². The monoisotopic (exact) mass is 328 g/mol. The van der Waals surface area contributed by atoms with Gasteiger partial charge in [-0.15, -0.1) is 0 Å². The highest BCUT2D eigenvalue weighted by Gasteiger charge is 2.17. The van der Waals surface area contributed by atoms with Crippen LogP contribution in [0.15, 0.2) is 36.4 Å². The molecule has 0 saturated carbocycles. The van der Waals surface area contributed by atoms with Crippen LogP contribution in [0, 0.1) is 0 Å². The van der Waals surface area contributed by atoms with Crippen molar-refractivity contribution in [2.24, 2.45) is 0 Å². The van der Waals surface area contributed by atoms with Crippen molar-refractivity contribution in [3.8, 4) is 5.75 Å². The number of benzene rings is 2. The fourth-order valence-corrected chi connectivity index (χ4v) is 3.36. The first-order chi connectivity index (χ1) is 11.1. The Kier molecular flexibility index (Phi) is 4.16. The number of thiazole rings is 1. The number of phenols is 1. The second-order valence-corrected chi connectivity index (χ2v) is 6.15. The van der Waals surface area contributed by atoms with Crippen LogP contribution in [-0.4, -0.2) is 21.2 Å². The number of aromatic hydroxyl groups is 1. The van der Waals surface area contributed by atoms with Gasteiger partial charge in [-0.3, -0.25) is 0 Å². The highest BCUT2D eigenvalue weighted by molar-refractivity contribution is 7.17. The summed E-state index contributed by atoms with van der Waals surface area (Å²) in [5, 5.41) is 24.5. The molecule has 3 rings (SSSR count). The lowest BCUT2D eigenvalue weighted by Gasteiger charge is -2.08. The fraction of sp³-hybridized carbons (Fsp3) is 0.176. The van der Waals surface area contributed by atoms with Crippen molar-refractivity contribution in [2.75, 3.05) is 5.32 Å². The van der Waals surface area contributed by atoms with E-state index >= 15 is 0 Å². The van der Waals surface area contributed by atoms with Gasteiger partial charge in [0, 0.05) is 16.5 Å². The van der Waals surface area contributed by atoms with Crippen molar-refractivity contribution >= 4 is 38.9 Å². The van der Waals surface area contributed by atoms with E-state index in [4.69, 9.17) is 0 Å². The lowest BCUT2D eigenvalue weighted by atomic mass is 10.1. The lowest BCUT2D eigenvalue weighted by molar-refractivity contribution is 0.0700. The molecule has 2 aromatic carbocycles. The summed E-state index contributed by atoms with van der Waals surface area (Å²) in [5.41, 5.74) is 1.39. The van der Waals surface area contributed by atoms with E-state index in [1.54, 1.807) is 12.1 Å². The molecule has 0 atom stereocenters. The van der Waals surface area contributed by atoms with Gasteiger partial charge in [0.15, 0.2) is 5.13 Å². The van der Waals surface area contributed by atoms with Gasteiger partial charge in [-0.25, -0.2) is 9.78 Å². The summed E-state index contributed by atoms with van der Waals surface area (Å²) >= 11 is 1.13. The molecule has 0 spiro atoms. The summed E-state index contributed by atoms with van der Waals surface area (Å²) in [7, 11) is 0. The average molecular weight is 328 g/mol. The second kappa shape index (κ2) is 6.26. The minimum Gasteiger partial charge on any atom is -0.507 e. The Hall–Kier alpha value is -2.60. The number of aryl methyl sites for hydroxylation is 1.